The molecule has 1 aromatic carbocycles. The van der Waals surface area contributed by atoms with Crippen LogP contribution in [0.25, 0.3) is 0 Å². The monoisotopic (exact) mass is 303 g/mol. The van der Waals surface area contributed by atoms with Crippen LogP contribution in [0.3, 0.4) is 0 Å². The van der Waals surface area contributed by atoms with Gasteiger partial charge in [-0.05, 0) is 54.0 Å². The molecular formula is C12H15O5S2-. The molecule has 0 aromatic heterocycles. The molecule has 19 heavy (non-hydrogen) atoms. The Morgan fingerprint density at radius 3 is 2.37 bits per heavy atom. The van der Waals surface area contributed by atoms with Crippen molar-refractivity contribution in [1.29, 1.82) is 0 Å². The molecular weight excluding hydrogens is 288 g/mol. The number of hydrogen-bond acceptors (Lipinski definition) is 4. The number of hydrogen-bond donors (Lipinski definition) is 1. The first-order chi connectivity index (χ1) is 8.88. The number of rotatable bonds is 3. The summed E-state index contributed by atoms with van der Waals surface area (Å²) in [5.74, 6) is 0.0508. The van der Waals surface area contributed by atoms with Crippen LogP contribution < -0.4 is 0 Å². The Bertz CT molecular complexity index is 564. The van der Waals surface area contributed by atoms with Crippen LogP contribution in [0.1, 0.15) is 37.2 Å². The molecule has 1 aromatic rings. The Kier molecular flexibility index (Phi) is 4.39. The highest BCUT2D eigenvalue weighted by atomic mass is 32.2. The Hall–Kier alpha value is -0.760. The molecule has 1 aliphatic rings. The van der Waals surface area contributed by atoms with Gasteiger partial charge in [-0.25, -0.2) is 0 Å². The van der Waals surface area contributed by atoms with Gasteiger partial charge in [0.2, 0.25) is 0 Å². The van der Waals surface area contributed by atoms with Gasteiger partial charge in [0.05, 0.1) is 5.25 Å². The summed E-state index contributed by atoms with van der Waals surface area (Å²) in [4.78, 5) is 0.214. The Morgan fingerprint density at radius 2 is 1.84 bits per heavy atom. The second kappa shape index (κ2) is 5.70. The summed E-state index contributed by atoms with van der Waals surface area (Å²) >= 11 is -2.25. The van der Waals surface area contributed by atoms with Crippen molar-refractivity contribution in [2.24, 2.45) is 0 Å². The van der Waals surface area contributed by atoms with E-state index in [-0.39, 0.29) is 10.8 Å². The van der Waals surface area contributed by atoms with Gasteiger partial charge >= 0.3 is 0 Å². The maximum absolute atomic E-state index is 11.2. The molecule has 5 nitrogen and oxygen atoms in total. The lowest BCUT2D eigenvalue weighted by molar-refractivity contribution is 0.399. The first kappa shape index (κ1) is 14.6. The van der Waals surface area contributed by atoms with Crippen molar-refractivity contribution >= 4 is 21.2 Å². The van der Waals surface area contributed by atoms with E-state index < -0.39 is 26.4 Å². The van der Waals surface area contributed by atoms with Crippen molar-refractivity contribution in [3.8, 4) is 0 Å². The molecule has 0 amide bonds. The van der Waals surface area contributed by atoms with E-state index in [2.05, 4.69) is 0 Å². The normalized spacial score (nSPS) is 26.0. The minimum absolute atomic E-state index is 0.0508. The van der Waals surface area contributed by atoms with E-state index in [9.17, 15) is 17.2 Å². The van der Waals surface area contributed by atoms with Gasteiger partial charge in [0.15, 0.2) is 0 Å². The summed E-state index contributed by atoms with van der Waals surface area (Å²) in [7, 11) is -3.99. The summed E-state index contributed by atoms with van der Waals surface area (Å²) in [5.41, 5.74) is 0.919. The van der Waals surface area contributed by atoms with E-state index in [1.807, 2.05) is 0 Å². The molecule has 1 N–H and O–H groups in total. The maximum Gasteiger partial charge on any atom is 0.267 e. The zero-order chi connectivity index (χ0) is 14.0. The van der Waals surface area contributed by atoms with Gasteiger partial charge < -0.3 is 4.55 Å². The standard InChI is InChI=1S/C12H16O5S2/c13-18(14)11-6-4-9(5-7-11)10-2-1-3-12(8-10)19(15,16)17/h4-7,10,12H,1-3,8H2,(H,13,14)(H,15,16,17)/p-1. The molecule has 3 unspecified atom stereocenters. The molecule has 2 rings (SSSR count). The van der Waals surface area contributed by atoms with Crippen molar-refractivity contribution in [3.63, 3.8) is 0 Å². The fourth-order valence-electron chi connectivity index (χ4n) is 2.57. The molecule has 0 aliphatic heterocycles. The lowest BCUT2D eigenvalue weighted by Gasteiger charge is -2.27. The average Bonchev–Trinajstić information content (AvgIpc) is 2.38. The summed E-state index contributed by atoms with van der Waals surface area (Å²) in [5, 5.41) is -0.709. The highest BCUT2D eigenvalue weighted by molar-refractivity contribution is 7.86. The van der Waals surface area contributed by atoms with Crippen LogP contribution >= 0.6 is 0 Å². The topological polar surface area (TPSA) is 94.5 Å². The first-order valence-corrected chi connectivity index (χ1v) is 8.61. The first-order valence-electron chi connectivity index (χ1n) is 6.03. The van der Waals surface area contributed by atoms with Crippen LogP contribution in [0.5, 0.6) is 0 Å². The predicted octanol–water partition coefficient (Wildman–Crippen LogP) is 1.84. The van der Waals surface area contributed by atoms with E-state index in [1.54, 1.807) is 12.1 Å². The van der Waals surface area contributed by atoms with Gasteiger partial charge in [-0.15, -0.1) is 0 Å². The molecule has 0 saturated heterocycles. The van der Waals surface area contributed by atoms with E-state index in [1.165, 1.54) is 12.1 Å². The summed E-state index contributed by atoms with van der Waals surface area (Å²) in [6.45, 7) is 0. The largest absolute Gasteiger partial charge is 0.768 e. The molecule has 0 bridgehead atoms. The molecule has 7 heteroatoms. The van der Waals surface area contributed by atoms with Crippen LogP contribution in [-0.2, 0) is 21.2 Å². The fraction of sp³-hybridized carbons (Fsp3) is 0.500. The zero-order valence-electron chi connectivity index (χ0n) is 10.2. The molecule has 1 saturated carbocycles. The molecule has 1 aliphatic carbocycles. The third-order valence-electron chi connectivity index (χ3n) is 3.59. The van der Waals surface area contributed by atoms with Gasteiger partial charge in [0.1, 0.15) is 0 Å². The van der Waals surface area contributed by atoms with Crippen LogP contribution in [-0.4, -0.2) is 27.0 Å². The van der Waals surface area contributed by atoms with Gasteiger partial charge in [-0.2, -0.15) is 8.42 Å². The highest BCUT2D eigenvalue weighted by Crippen LogP contribution is 2.35. The van der Waals surface area contributed by atoms with E-state index in [0.717, 1.165) is 18.4 Å². The Morgan fingerprint density at radius 1 is 1.21 bits per heavy atom. The molecule has 106 valence electrons. The minimum atomic E-state index is -3.99. The predicted molar refractivity (Wildman–Crippen MR) is 70.2 cm³/mol. The van der Waals surface area contributed by atoms with Crippen molar-refractivity contribution < 1.29 is 21.7 Å². The van der Waals surface area contributed by atoms with Crippen molar-refractivity contribution in [1.82, 2.24) is 0 Å². The molecule has 0 heterocycles. The third-order valence-corrected chi connectivity index (χ3v) is 5.52. The summed E-state index contributed by atoms with van der Waals surface area (Å²) in [6.07, 6.45) is 2.47. The molecule has 0 spiro atoms. The van der Waals surface area contributed by atoms with E-state index >= 15 is 0 Å². The van der Waals surface area contributed by atoms with Gasteiger partial charge in [0.25, 0.3) is 10.1 Å². The van der Waals surface area contributed by atoms with Crippen molar-refractivity contribution in [2.75, 3.05) is 0 Å². The van der Waals surface area contributed by atoms with Crippen molar-refractivity contribution in [2.45, 2.75) is 41.7 Å². The van der Waals surface area contributed by atoms with Crippen molar-refractivity contribution in [3.05, 3.63) is 29.8 Å². The Balaban J connectivity index is 2.15. The molecule has 3 atom stereocenters. The average molecular weight is 303 g/mol. The van der Waals surface area contributed by atoms with Crippen LogP contribution in [0, 0.1) is 0 Å². The minimum Gasteiger partial charge on any atom is -0.768 e. The highest BCUT2D eigenvalue weighted by Gasteiger charge is 2.30. The second-order valence-electron chi connectivity index (χ2n) is 4.80. The number of benzene rings is 1. The van der Waals surface area contributed by atoms with E-state index in [4.69, 9.17) is 4.55 Å². The van der Waals surface area contributed by atoms with Crippen LogP contribution in [0.15, 0.2) is 29.2 Å². The van der Waals surface area contributed by atoms with Gasteiger partial charge in [0, 0.05) is 4.90 Å². The van der Waals surface area contributed by atoms with E-state index in [0.29, 0.717) is 12.8 Å². The lowest BCUT2D eigenvalue weighted by atomic mass is 9.84. The lowest BCUT2D eigenvalue weighted by Crippen LogP contribution is -2.26. The summed E-state index contributed by atoms with van der Waals surface area (Å²) in [6, 6.07) is 6.44. The van der Waals surface area contributed by atoms with Crippen LogP contribution in [0.2, 0.25) is 0 Å². The quantitative estimate of drug-likeness (QED) is 0.679. The van der Waals surface area contributed by atoms with Crippen LogP contribution in [0.4, 0.5) is 0 Å². The smallest absolute Gasteiger partial charge is 0.267 e. The second-order valence-corrected chi connectivity index (χ2v) is 7.44. The van der Waals surface area contributed by atoms with Gasteiger partial charge in [-0.1, -0.05) is 18.6 Å². The zero-order valence-corrected chi connectivity index (χ0v) is 11.8. The molecule has 1 fully saturated rings. The third kappa shape index (κ3) is 3.62. The summed E-state index contributed by atoms with van der Waals surface area (Å²) < 4.78 is 53.0. The SMILES string of the molecule is O=S([O-])c1ccc(C2CCCC(S(=O)(=O)O)C2)cc1. The fourth-order valence-corrected chi connectivity index (χ4v) is 3.87. The Labute approximate surface area is 115 Å². The maximum atomic E-state index is 11.2. The van der Waals surface area contributed by atoms with Gasteiger partial charge in [-0.3, -0.25) is 8.76 Å². The molecule has 0 radical (unpaired) electrons.